The summed E-state index contributed by atoms with van der Waals surface area (Å²) in [6.07, 6.45) is 3.36. The van der Waals surface area contributed by atoms with Crippen molar-refractivity contribution in [3.8, 4) is 11.5 Å². The molecular formula is C10H15N5O. The van der Waals surface area contributed by atoms with Gasteiger partial charge in [-0.05, 0) is 12.5 Å². The van der Waals surface area contributed by atoms with E-state index in [-0.39, 0.29) is 0 Å². The predicted octanol–water partition coefficient (Wildman–Crippen LogP) is 0.844. The standard InChI is InChI=1S/C10H15N5O/c1-2-7-15-8(4-6-12-15)10-13-9(3-5-11)16-14-10/h4,6H,2-3,5,7,11H2,1H3. The van der Waals surface area contributed by atoms with Gasteiger partial charge in [0.05, 0.1) is 0 Å². The fourth-order valence-electron chi connectivity index (χ4n) is 1.50. The molecule has 0 aromatic carbocycles. The van der Waals surface area contributed by atoms with Gasteiger partial charge in [0.25, 0.3) is 0 Å². The molecule has 2 aromatic heterocycles. The second-order valence-corrected chi connectivity index (χ2v) is 3.49. The van der Waals surface area contributed by atoms with Gasteiger partial charge in [-0.1, -0.05) is 12.1 Å². The van der Waals surface area contributed by atoms with Crippen molar-refractivity contribution in [2.75, 3.05) is 6.54 Å². The van der Waals surface area contributed by atoms with E-state index >= 15 is 0 Å². The molecule has 2 heterocycles. The van der Waals surface area contributed by atoms with Crippen molar-refractivity contribution in [1.29, 1.82) is 0 Å². The van der Waals surface area contributed by atoms with Gasteiger partial charge >= 0.3 is 0 Å². The number of nitrogens with two attached hydrogens (primary N) is 1. The van der Waals surface area contributed by atoms with Gasteiger partial charge < -0.3 is 10.3 Å². The van der Waals surface area contributed by atoms with Gasteiger partial charge in [-0.15, -0.1) is 0 Å². The van der Waals surface area contributed by atoms with E-state index in [2.05, 4.69) is 22.2 Å². The highest BCUT2D eigenvalue weighted by Crippen LogP contribution is 2.15. The monoisotopic (exact) mass is 221 g/mol. The Kier molecular flexibility index (Phi) is 3.31. The maximum Gasteiger partial charge on any atom is 0.228 e. The highest BCUT2D eigenvalue weighted by Gasteiger charge is 2.12. The molecule has 6 nitrogen and oxygen atoms in total. The van der Waals surface area contributed by atoms with Crippen LogP contribution in [0.15, 0.2) is 16.8 Å². The summed E-state index contributed by atoms with van der Waals surface area (Å²) in [4.78, 5) is 4.27. The third-order valence-electron chi connectivity index (χ3n) is 2.21. The summed E-state index contributed by atoms with van der Waals surface area (Å²) in [5, 5.41) is 8.13. The van der Waals surface area contributed by atoms with Gasteiger partial charge in [0, 0.05) is 25.7 Å². The lowest BCUT2D eigenvalue weighted by Gasteiger charge is -2.00. The SMILES string of the molecule is CCCn1nccc1-c1noc(CCN)n1. The average molecular weight is 221 g/mol. The zero-order chi connectivity index (χ0) is 11.4. The average Bonchev–Trinajstić information content (AvgIpc) is 2.87. The van der Waals surface area contributed by atoms with Crippen molar-refractivity contribution in [1.82, 2.24) is 19.9 Å². The Morgan fingerprint density at radius 1 is 1.50 bits per heavy atom. The first-order chi connectivity index (χ1) is 7.85. The maximum atomic E-state index is 5.42. The molecule has 6 heteroatoms. The normalized spacial score (nSPS) is 10.9. The van der Waals surface area contributed by atoms with Gasteiger partial charge in [-0.25, -0.2) is 0 Å². The minimum atomic E-state index is 0.510. The van der Waals surface area contributed by atoms with E-state index in [9.17, 15) is 0 Å². The summed E-state index contributed by atoms with van der Waals surface area (Å²) in [6, 6.07) is 1.88. The van der Waals surface area contributed by atoms with Gasteiger partial charge in [0.1, 0.15) is 5.69 Å². The molecule has 0 fully saturated rings. The van der Waals surface area contributed by atoms with Crippen molar-refractivity contribution < 1.29 is 4.52 Å². The number of nitrogens with zero attached hydrogens (tertiary/aromatic N) is 4. The summed E-state index contributed by atoms with van der Waals surface area (Å²) in [5.74, 6) is 1.15. The molecule has 0 unspecified atom stereocenters. The number of aromatic nitrogens is 4. The Balaban J connectivity index is 2.24. The zero-order valence-electron chi connectivity index (χ0n) is 9.26. The molecule has 0 spiro atoms. The van der Waals surface area contributed by atoms with Crippen LogP contribution in [0, 0.1) is 0 Å². The molecule has 16 heavy (non-hydrogen) atoms. The fourth-order valence-corrected chi connectivity index (χ4v) is 1.50. The summed E-state index contributed by atoms with van der Waals surface area (Å²) in [6.45, 7) is 3.46. The van der Waals surface area contributed by atoms with E-state index in [0.29, 0.717) is 24.7 Å². The fraction of sp³-hybridized carbons (Fsp3) is 0.500. The summed E-state index contributed by atoms with van der Waals surface area (Å²) < 4.78 is 6.95. The highest BCUT2D eigenvalue weighted by atomic mass is 16.5. The highest BCUT2D eigenvalue weighted by molar-refractivity contribution is 5.47. The van der Waals surface area contributed by atoms with Crippen molar-refractivity contribution >= 4 is 0 Å². The second-order valence-electron chi connectivity index (χ2n) is 3.49. The van der Waals surface area contributed by atoms with Crippen LogP contribution in [-0.2, 0) is 13.0 Å². The Morgan fingerprint density at radius 2 is 2.38 bits per heavy atom. The molecule has 0 saturated carbocycles. The van der Waals surface area contributed by atoms with E-state index in [1.807, 2.05) is 10.7 Å². The lowest BCUT2D eigenvalue weighted by molar-refractivity contribution is 0.380. The van der Waals surface area contributed by atoms with E-state index in [0.717, 1.165) is 18.7 Å². The minimum Gasteiger partial charge on any atom is -0.339 e. The molecule has 86 valence electrons. The molecular weight excluding hydrogens is 206 g/mol. The van der Waals surface area contributed by atoms with Crippen LogP contribution in [0.4, 0.5) is 0 Å². The Morgan fingerprint density at radius 3 is 3.12 bits per heavy atom. The smallest absolute Gasteiger partial charge is 0.228 e. The van der Waals surface area contributed by atoms with E-state index < -0.39 is 0 Å². The van der Waals surface area contributed by atoms with Crippen molar-refractivity contribution in [3.63, 3.8) is 0 Å². The number of rotatable bonds is 5. The predicted molar refractivity (Wildman–Crippen MR) is 58.6 cm³/mol. The molecule has 2 aromatic rings. The van der Waals surface area contributed by atoms with Crippen LogP contribution >= 0.6 is 0 Å². The first-order valence-corrected chi connectivity index (χ1v) is 5.40. The van der Waals surface area contributed by atoms with E-state index in [4.69, 9.17) is 10.3 Å². The minimum absolute atomic E-state index is 0.510. The van der Waals surface area contributed by atoms with Crippen LogP contribution in [0.3, 0.4) is 0 Å². The first-order valence-electron chi connectivity index (χ1n) is 5.40. The molecule has 0 bridgehead atoms. The van der Waals surface area contributed by atoms with Crippen molar-refractivity contribution in [3.05, 3.63) is 18.2 Å². The van der Waals surface area contributed by atoms with Crippen molar-refractivity contribution in [2.24, 2.45) is 5.73 Å². The molecule has 0 aliphatic heterocycles. The number of hydrogen-bond acceptors (Lipinski definition) is 5. The maximum absolute atomic E-state index is 5.42. The Labute approximate surface area is 93.4 Å². The van der Waals surface area contributed by atoms with Gasteiger partial charge in [0.15, 0.2) is 0 Å². The van der Waals surface area contributed by atoms with Gasteiger partial charge in [-0.3, -0.25) is 4.68 Å². The quantitative estimate of drug-likeness (QED) is 0.809. The molecule has 0 saturated heterocycles. The van der Waals surface area contributed by atoms with Crippen LogP contribution in [0.5, 0.6) is 0 Å². The first kappa shape index (κ1) is 10.8. The lowest BCUT2D eigenvalue weighted by atomic mass is 10.4. The second kappa shape index (κ2) is 4.89. The third kappa shape index (κ3) is 2.11. The molecule has 2 rings (SSSR count). The summed E-state index contributed by atoms with van der Waals surface area (Å²) in [5.41, 5.74) is 6.30. The molecule has 2 N–H and O–H groups in total. The van der Waals surface area contributed by atoms with Crippen molar-refractivity contribution in [2.45, 2.75) is 26.3 Å². The molecule has 0 amide bonds. The third-order valence-corrected chi connectivity index (χ3v) is 2.21. The van der Waals surface area contributed by atoms with Gasteiger partial charge in [0.2, 0.25) is 11.7 Å². The van der Waals surface area contributed by atoms with E-state index in [1.54, 1.807) is 6.20 Å². The van der Waals surface area contributed by atoms with E-state index in [1.165, 1.54) is 0 Å². The molecule has 0 aliphatic rings. The Bertz CT molecular complexity index is 448. The summed E-state index contributed by atoms with van der Waals surface area (Å²) >= 11 is 0. The summed E-state index contributed by atoms with van der Waals surface area (Å²) in [7, 11) is 0. The van der Waals surface area contributed by atoms with Crippen LogP contribution in [-0.4, -0.2) is 26.5 Å². The topological polar surface area (TPSA) is 82.8 Å². The molecule has 0 aliphatic carbocycles. The number of aryl methyl sites for hydroxylation is 1. The van der Waals surface area contributed by atoms with Gasteiger partial charge in [-0.2, -0.15) is 10.1 Å². The lowest BCUT2D eigenvalue weighted by Crippen LogP contribution is -2.03. The Hall–Kier alpha value is -1.69. The van der Waals surface area contributed by atoms with Crippen LogP contribution in [0.25, 0.3) is 11.5 Å². The largest absolute Gasteiger partial charge is 0.339 e. The van der Waals surface area contributed by atoms with Crippen LogP contribution < -0.4 is 5.73 Å². The number of hydrogen-bond donors (Lipinski definition) is 1. The molecule has 0 radical (unpaired) electrons. The zero-order valence-corrected chi connectivity index (χ0v) is 9.26. The molecule has 0 atom stereocenters. The van der Waals surface area contributed by atoms with Crippen LogP contribution in [0.2, 0.25) is 0 Å². The van der Waals surface area contributed by atoms with Crippen LogP contribution in [0.1, 0.15) is 19.2 Å².